The lowest BCUT2D eigenvalue weighted by atomic mass is 10.3. The van der Waals surface area contributed by atoms with Crippen LogP contribution in [0.25, 0.3) is 0 Å². The van der Waals surface area contributed by atoms with Crippen molar-refractivity contribution in [3.05, 3.63) is 19.1 Å². The molecule has 0 aromatic carbocycles. The fourth-order valence-electron chi connectivity index (χ4n) is 0.348. The van der Waals surface area contributed by atoms with Gasteiger partial charge in [0.15, 0.2) is 0 Å². The molecule has 0 bridgehead atoms. The molecule has 0 rings (SSSR count). The van der Waals surface area contributed by atoms with E-state index in [1.54, 1.807) is 0 Å². The van der Waals surface area contributed by atoms with Gasteiger partial charge in [0.2, 0.25) is 0 Å². The highest BCUT2D eigenvalue weighted by atomic mass is 16.5. The van der Waals surface area contributed by atoms with Gasteiger partial charge in [-0.3, -0.25) is 0 Å². The molecule has 0 aliphatic carbocycles. The maximum atomic E-state index is 4.97. The first-order chi connectivity index (χ1) is 3.77. The number of rotatable bonds is 4. The molecule has 0 aliphatic rings. The van der Waals surface area contributed by atoms with E-state index in [0.29, 0.717) is 6.61 Å². The van der Waals surface area contributed by atoms with Gasteiger partial charge in [0, 0.05) is 6.61 Å². The van der Waals surface area contributed by atoms with E-state index >= 15 is 0 Å². The summed E-state index contributed by atoms with van der Waals surface area (Å²) < 4.78 is 4.97. The zero-order valence-corrected chi connectivity index (χ0v) is 5.44. The van der Waals surface area contributed by atoms with Gasteiger partial charge < -0.3 is 4.74 Å². The van der Waals surface area contributed by atoms with Gasteiger partial charge in [-0.1, -0.05) is 5.57 Å². The van der Waals surface area contributed by atoms with Gasteiger partial charge in [0.25, 0.3) is 0 Å². The highest BCUT2D eigenvalue weighted by molar-refractivity contribution is 4.86. The van der Waals surface area contributed by atoms with E-state index in [1.807, 2.05) is 6.92 Å². The van der Waals surface area contributed by atoms with Gasteiger partial charge in [-0.25, -0.2) is 0 Å². The molecule has 0 fully saturated rings. The summed E-state index contributed by atoms with van der Waals surface area (Å²) in [7, 11) is 0. The normalized spacial score (nSPS) is 9.25. The summed E-state index contributed by atoms with van der Waals surface area (Å²) >= 11 is 0. The lowest BCUT2D eigenvalue weighted by Gasteiger charge is -1.97. The Balaban J connectivity index is 2.82. The molecule has 0 aromatic heterocycles. The predicted molar refractivity (Wildman–Crippen MR) is 35.6 cm³/mol. The van der Waals surface area contributed by atoms with Crippen molar-refractivity contribution in [1.82, 2.24) is 0 Å². The van der Waals surface area contributed by atoms with Crippen molar-refractivity contribution in [1.29, 1.82) is 0 Å². The molecule has 0 spiro atoms. The lowest BCUT2D eigenvalue weighted by molar-refractivity contribution is 0.164. The minimum absolute atomic E-state index is 0.563. The van der Waals surface area contributed by atoms with Gasteiger partial charge >= 0.3 is 0 Å². The first-order valence-corrected chi connectivity index (χ1v) is 2.78. The Morgan fingerprint density at radius 3 is 2.62 bits per heavy atom. The van der Waals surface area contributed by atoms with Gasteiger partial charge in [-0.2, -0.15) is 0 Å². The van der Waals surface area contributed by atoms with Gasteiger partial charge in [-0.05, 0) is 20.3 Å². The van der Waals surface area contributed by atoms with Crippen LogP contribution in [0.3, 0.4) is 0 Å². The molecule has 1 nitrogen and oxygen atoms in total. The summed E-state index contributed by atoms with van der Waals surface area (Å²) in [6, 6.07) is 0. The maximum Gasteiger partial charge on any atom is 0.0502 e. The molecular formula is C7H13O. The van der Waals surface area contributed by atoms with Crippen LogP contribution in [-0.4, -0.2) is 13.2 Å². The van der Waals surface area contributed by atoms with Crippen LogP contribution in [0.5, 0.6) is 0 Å². The summed E-state index contributed by atoms with van der Waals surface area (Å²) in [5.74, 6) is 0. The third-order valence-electron chi connectivity index (χ3n) is 0.818. The van der Waals surface area contributed by atoms with Gasteiger partial charge in [0.1, 0.15) is 0 Å². The van der Waals surface area contributed by atoms with Crippen LogP contribution < -0.4 is 0 Å². The number of hydrogen-bond donors (Lipinski definition) is 0. The third kappa shape index (κ3) is 5.70. The van der Waals surface area contributed by atoms with Crippen molar-refractivity contribution in [3.8, 4) is 0 Å². The molecule has 0 N–H and O–H groups in total. The second-order valence-corrected chi connectivity index (χ2v) is 1.82. The molecule has 0 heterocycles. The Morgan fingerprint density at radius 1 is 1.62 bits per heavy atom. The molecule has 0 atom stereocenters. The quantitative estimate of drug-likeness (QED) is 0.399. The van der Waals surface area contributed by atoms with Crippen LogP contribution in [0.1, 0.15) is 13.3 Å². The largest absolute Gasteiger partial charge is 0.381 e. The zero-order valence-electron chi connectivity index (χ0n) is 5.44. The molecule has 0 saturated carbocycles. The fraction of sp³-hybridized carbons (Fsp3) is 0.571. The average Bonchev–Trinajstić information content (AvgIpc) is 1.66. The van der Waals surface area contributed by atoms with E-state index in [1.165, 1.54) is 5.57 Å². The monoisotopic (exact) mass is 113 g/mol. The number of hydrogen-bond acceptors (Lipinski definition) is 1. The van der Waals surface area contributed by atoms with E-state index in [2.05, 4.69) is 13.5 Å². The molecule has 0 aliphatic heterocycles. The summed E-state index contributed by atoms with van der Waals surface area (Å²) in [5.41, 5.74) is 1.17. The first-order valence-electron chi connectivity index (χ1n) is 2.78. The minimum Gasteiger partial charge on any atom is -0.381 e. The molecule has 0 unspecified atom stereocenters. The molecule has 0 amide bonds. The van der Waals surface area contributed by atoms with Crippen LogP contribution in [0.15, 0.2) is 12.2 Å². The zero-order chi connectivity index (χ0) is 6.41. The van der Waals surface area contributed by atoms with Crippen LogP contribution >= 0.6 is 0 Å². The van der Waals surface area contributed by atoms with Crippen molar-refractivity contribution in [3.63, 3.8) is 0 Å². The molecule has 1 heteroatoms. The smallest absolute Gasteiger partial charge is 0.0502 e. The summed E-state index contributed by atoms with van der Waals surface area (Å²) in [6.07, 6.45) is 0.954. The van der Waals surface area contributed by atoms with Gasteiger partial charge in [-0.15, -0.1) is 6.58 Å². The van der Waals surface area contributed by atoms with Crippen molar-refractivity contribution in [2.24, 2.45) is 0 Å². The molecule has 0 saturated heterocycles. The SMILES string of the molecule is [CH2]COCCC(=C)C. The minimum atomic E-state index is 0.563. The highest BCUT2D eigenvalue weighted by Crippen LogP contribution is 1.93. The summed E-state index contributed by atoms with van der Waals surface area (Å²) in [5, 5.41) is 0. The van der Waals surface area contributed by atoms with E-state index in [-0.39, 0.29) is 0 Å². The van der Waals surface area contributed by atoms with Crippen molar-refractivity contribution in [2.75, 3.05) is 13.2 Å². The summed E-state index contributed by atoms with van der Waals surface area (Å²) in [6.45, 7) is 10.6. The summed E-state index contributed by atoms with van der Waals surface area (Å²) in [4.78, 5) is 0. The average molecular weight is 113 g/mol. The van der Waals surface area contributed by atoms with Crippen molar-refractivity contribution >= 4 is 0 Å². The van der Waals surface area contributed by atoms with Crippen LogP contribution in [0, 0.1) is 6.92 Å². The molecule has 47 valence electrons. The maximum absolute atomic E-state index is 4.97. The lowest BCUT2D eigenvalue weighted by Crippen LogP contribution is -1.92. The highest BCUT2D eigenvalue weighted by Gasteiger charge is 1.83. The fourth-order valence-corrected chi connectivity index (χ4v) is 0.348. The topological polar surface area (TPSA) is 9.23 Å². The third-order valence-corrected chi connectivity index (χ3v) is 0.818. The Labute approximate surface area is 51.4 Å². The molecule has 0 aromatic rings. The van der Waals surface area contributed by atoms with E-state index in [0.717, 1.165) is 13.0 Å². The van der Waals surface area contributed by atoms with E-state index < -0.39 is 0 Å². The van der Waals surface area contributed by atoms with E-state index in [4.69, 9.17) is 4.74 Å². The standard InChI is InChI=1S/C7H13O/c1-4-8-6-5-7(2)3/h1-2,4-6H2,3H3. The molecular weight excluding hydrogens is 100 g/mol. The van der Waals surface area contributed by atoms with Crippen LogP contribution in [-0.2, 0) is 4.74 Å². The predicted octanol–water partition coefficient (Wildman–Crippen LogP) is 1.80. The Hall–Kier alpha value is -0.300. The Kier molecular flexibility index (Phi) is 4.67. The van der Waals surface area contributed by atoms with Gasteiger partial charge in [0.05, 0.1) is 6.61 Å². The van der Waals surface area contributed by atoms with Crippen LogP contribution in [0.4, 0.5) is 0 Å². The Bertz CT molecular complexity index is 66.8. The van der Waals surface area contributed by atoms with E-state index in [9.17, 15) is 0 Å². The second kappa shape index (κ2) is 4.85. The Morgan fingerprint density at radius 2 is 2.25 bits per heavy atom. The van der Waals surface area contributed by atoms with Crippen molar-refractivity contribution in [2.45, 2.75) is 13.3 Å². The second-order valence-electron chi connectivity index (χ2n) is 1.82. The number of ether oxygens (including phenoxy) is 1. The molecule has 1 radical (unpaired) electrons. The first kappa shape index (κ1) is 7.70. The molecule has 8 heavy (non-hydrogen) atoms. The van der Waals surface area contributed by atoms with Crippen LogP contribution in [0.2, 0.25) is 0 Å². The van der Waals surface area contributed by atoms with Crippen molar-refractivity contribution < 1.29 is 4.74 Å².